The van der Waals surface area contributed by atoms with Gasteiger partial charge < -0.3 is 15.2 Å². The Morgan fingerprint density at radius 1 is 1.64 bits per heavy atom. The monoisotopic (exact) mass is 216 g/mol. The van der Waals surface area contributed by atoms with Gasteiger partial charge >= 0.3 is 0 Å². The Kier molecular flexibility index (Phi) is 5.03. The lowest BCUT2D eigenvalue weighted by atomic mass is 10.4. The lowest BCUT2D eigenvalue weighted by Crippen LogP contribution is -2.14. The van der Waals surface area contributed by atoms with Crippen molar-refractivity contribution >= 4 is 11.3 Å². The Balaban J connectivity index is 2.30. The molecule has 1 aromatic heterocycles. The highest BCUT2D eigenvalue weighted by molar-refractivity contribution is 7.09. The molecule has 2 N–H and O–H groups in total. The molecule has 1 aromatic rings. The van der Waals surface area contributed by atoms with Crippen LogP contribution in [0.5, 0.6) is 0 Å². The van der Waals surface area contributed by atoms with Crippen LogP contribution in [0.2, 0.25) is 0 Å². The Bertz CT molecular complexity index is 265. The fourth-order valence-electron chi connectivity index (χ4n) is 1.02. The smallest absolute Gasteiger partial charge is 0.107 e. The lowest BCUT2D eigenvalue weighted by Gasteiger charge is -2.10. The Morgan fingerprint density at radius 2 is 2.43 bits per heavy atom. The number of hydrogen-bond donors (Lipinski definition) is 1. The minimum absolute atomic E-state index is 0.100. The molecule has 0 spiro atoms. The second kappa shape index (κ2) is 6.08. The number of nitrogens with zero attached hydrogens (tertiary/aromatic N) is 1. The summed E-state index contributed by atoms with van der Waals surface area (Å²) in [6, 6.07) is 0. The number of hydrogen-bond acceptors (Lipinski definition) is 5. The maximum atomic E-state index is 5.50. The van der Waals surface area contributed by atoms with Crippen molar-refractivity contribution in [2.75, 3.05) is 13.7 Å². The van der Waals surface area contributed by atoms with E-state index in [9.17, 15) is 0 Å². The van der Waals surface area contributed by atoms with Crippen molar-refractivity contribution in [2.24, 2.45) is 5.73 Å². The van der Waals surface area contributed by atoms with E-state index in [1.54, 1.807) is 18.4 Å². The molecule has 14 heavy (non-hydrogen) atoms. The highest BCUT2D eigenvalue weighted by atomic mass is 32.1. The molecule has 1 unspecified atom stereocenters. The zero-order valence-electron chi connectivity index (χ0n) is 8.53. The van der Waals surface area contributed by atoms with Crippen molar-refractivity contribution in [3.63, 3.8) is 0 Å². The van der Waals surface area contributed by atoms with Crippen molar-refractivity contribution < 1.29 is 9.47 Å². The third-order valence-corrected chi connectivity index (χ3v) is 2.61. The Hall–Kier alpha value is -0.490. The summed E-state index contributed by atoms with van der Waals surface area (Å²) in [7, 11) is 1.66. The van der Waals surface area contributed by atoms with Crippen LogP contribution in [0.1, 0.15) is 17.6 Å². The summed E-state index contributed by atoms with van der Waals surface area (Å²) in [4.78, 5) is 4.29. The SMILES string of the molecule is COCC(C)OCc1csc(CN)n1. The van der Waals surface area contributed by atoms with E-state index in [2.05, 4.69) is 4.98 Å². The first kappa shape index (κ1) is 11.6. The fourth-order valence-corrected chi connectivity index (χ4v) is 1.68. The first-order chi connectivity index (χ1) is 6.76. The second-order valence-corrected chi connectivity index (χ2v) is 3.96. The number of rotatable bonds is 6. The minimum Gasteiger partial charge on any atom is -0.382 e. The van der Waals surface area contributed by atoms with Gasteiger partial charge in [-0.05, 0) is 6.92 Å². The average molecular weight is 216 g/mol. The van der Waals surface area contributed by atoms with Crippen molar-refractivity contribution in [1.29, 1.82) is 0 Å². The number of aromatic nitrogens is 1. The Morgan fingerprint density at radius 3 is 3.00 bits per heavy atom. The molecule has 0 radical (unpaired) electrons. The van der Waals surface area contributed by atoms with Gasteiger partial charge in [-0.3, -0.25) is 0 Å². The summed E-state index contributed by atoms with van der Waals surface area (Å²) in [5, 5.41) is 2.92. The number of methoxy groups -OCH3 is 1. The molecule has 4 nitrogen and oxygen atoms in total. The van der Waals surface area contributed by atoms with Crippen LogP contribution in [0.3, 0.4) is 0 Å². The van der Waals surface area contributed by atoms with E-state index in [1.165, 1.54) is 0 Å². The first-order valence-electron chi connectivity index (χ1n) is 4.50. The molecule has 0 fully saturated rings. The fraction of sp³-hybridized carbons (Fsp3) is 0.667. The highest BCUT2D eigenvalue weighted by Gasteiger charge is 2.04. The molecule has 0 aliphatic heterocycles. The molecule has 0 bridgehead atoms. The maximum absolute atomic E-state index is 5.50. The zero-order valence-corrected chi connectivity index (χ0v) is 9.34. The van der Waals surface area contributed by atoms with E-state index in [0.717, 1.165) is 10.7 Å². The minimum atomic E-state index is 0.100. The van der Waals surface area contributed by atoms with Gasteiger partial charge in [0.2, 0.25) is 0 Å². The molecule has 0 aromatic carbocycles. The second-order valence-electron chi connectivity index (χ2n) is 3.01. The van der Waals surface area contributed by atoms with Gasteiger partial charge in [-0.1, -0.05) is 0 Å². The molecule has 0 amide bonds. The van der Waals surface area contributed by atoms with E-state index < -0.39 is 0 Å². The molecule has 1 atom stereocenters. The number of thiazole rings is 1. The summed E-state index contributed by atoms with van der Waals surface area (Å²) in [6.07, 6.45) is 0.100. The van der Waals surface area contributed by atoms with Gasteiger partial charge in [0.1, 0.15) is 5.01 Å². The molecule has 0 saturated carbocycles. The molecule has 0 aliphatic rings. The van der Waals surface area contributed by atoms with Gasteiger partial charge in [-0.2, -0.15) is 0 Å². The highest BCUT2D eigenvalue weighted by Crippen LogP contribution is 2.10. The number of nitrogens with two attached hydrogens (primary N) is 1. The van der Waals surface area contributed by atoms with E-state index in [-0.39, 0.29) is 6.10 Å². The standard InChI is InChI=1S/C9H16N2O2S/c1-7(4-12-2)13-5-8-6-14-9(3-10)11-8/h6-7H,3-5,10H2,1-2H3. The zero-order chi connectivity index (χ0) is 10.4. The van der Waals surface area contributed by atoms with Crippen molar-refractivity contribution in [2.45, 2.75) is 26.2 Å². The molecule has 0 aliphatic carbocycles. The van der Waals surface area contributed by atoms with Crippen molar-refractivity contribution in [3.8, 4) is 0 Å². The quantitative estimate of drug-likeness (QED) is 0.775. The Labute approximate surface area is 88.0 Å². The molecular weight excluding hydrogens is 200 g/mol. The first-order valence-corrected chi connectivity index (χ1v) is 5.38. The van der Waals surface area contributed by atoms with E-state index in [1.807, 2.05) is 12.3 Å². The molecule has 5 heteroatoms. The summed E-state index contributed by atoms with van der Waals surface area (Å²) < 4.78 is 10.5. The molecule has 0 saturated heterocycles. The van der Waals surface area contributed by atoms with Crippen molar-refractivity contribution in [3.05, 3.63) is 16.1 Å². The van der Waals surface area contributed by atoms with E-state index >= 15 is 0 Å². The van der Waals surface area contributed by atoms with Crippen LogP contribution in [0, 0.1) is 0 Å². The van der Waals surface area contributed by atoms with Crippen LogP contribution in [0.25, 0.3) is 0 Å². The van der Waals surface area contributed by atoms with E-state index in [0.29, 0.717) is 19.8 Å². The summed E-state index contributed by atoms with van der Waals surface area (Å²) in [6.45, 7) is 3.60. The average Bonchev–Trinajstić information content (AvgIpc) is 2.63. The summed E-state index contributed by atoms with van der Waals surface area (Å²) >= 11 is 1.57. The lowest BCUT2D eigenvalue weighted by molar-refractivity contribution is -0.00123. The third kappa shape index (κ3) is 3.71. The van der Waals surface area contributed by atoms with Gasteiger partial charge in [-0.25, -0.2) is 4.98 Å². The van der Waals surface area contributed by atoms with Crippen LogP contribution in [-0.2, 0) is 22.6 Å². The molecule has 1 rings (SSSR count). The van der Waals surface area contributed by atoms with Crippen LogP contribution >= 0.6 is 11.3 Å². The number of ether oxygens (including phenoxy) is 2. The maximum Gasteiger partial charge on any atom is 0.107 e. The topological polar surface area (TPSA) is 57.4 Å². The summed E-state index contributed by atoms with van der Waals surface area (Å²) in [5.41, 5.74) is 6.40. The summed E-state index contributed by atoms with van der Waals surface area (Å²) in [5.74, 6) is 0. The van der Waals surface area contributed by atoms with Crippen LogP contribution in [0.4, 0.5) is 0 Å². The van der Waals surface area contributed by atoms with Crippen LogP contribution < -0.4 is 5.73 Å². The van der Waals surface area contributed by atoms with Gasteiger partial charge in [0, 0.05) is 19.0 Å². The van der Waals surface area contributed by atoms with Gasteiger partial charge in [0.05, 0.1) is 25.0 Å². The molecular formula is C9H16N2O2S. The normalized spacial score (nSPS) is 13.1. The van der Waals surface area contributed by atoms with Crippen molar-refractivity contribution in [1.82, 2.24) is 4.98 Å². The largest absolute Gasteiger partial charge is 0.382 e. The molecule has 80 valence electrons. The van der Waals surface area contributed by atoms with Gasteiger partial charge in [0.15, 0.2) is 0 Å². The van der Waals surface area contributed by atoms with Gasteiger partial charge in [0.25, 0.3) is 0 Å². The van der Waals surface area contributed by atoms with Crippen LogP contribution in [-0.4, -0.2) is 24.8 Å². The third-order valence-electron chi connectivity index (χ3n) is 1.69. The predicted molar refractivity (Wildman–Crippen MR) is 56.1 cm³/mol. The van der Waals surface area contributed by atoms with E-state index in [4.69, 9.17) is 15.2 Å². The van der Waals surface area contributed by atoms with Gasteiger partial charge in [-0.15, -0.1) is 11.3 Å². The van der Waals surface area contributed by atoms with Crippen LogP contribution in [0.15, 0.2) is 5.38 Å². The predicted octanol–water partition coefficient (Wildman–Crippen LogP) is 1.15. The molecule has 1 heterocycles.